The number of nitrogens with zero attached hydrogens (tertiary/aromatic N) is 7. The van der Waals surface area contributed by atoms with Crippen LogP contribution in [0.25, 0.3) is 84.5 Å². The van der Waals surface area contributed by atoms with Crippen LogP contribution in [0.15, 0.2) is 207 Å². The molecule has 0 bridgehead atoms. The van der Waals surface area contributed by atoms with E-state index in [4.69, 9.17) is 15.0 Å². The summed E-state index contributed by atoms with van der Waals surface area (Å²) in [6.07, 6.45) is 14.7. The number of benzene rings is 6. The van der Waals surface area contributed by atoms with Crippen molar-refractivity contribution in [3.05, 3.63) is 218 Å². The maximum atomic E-state index is 5.14. The highest BCUT2D eigenvalue weighted by Crippen LogP contribution is 2.36. The summed E-state index contributed by atoms with van der Waals surface area (Å²) >= 11 is 0. The molecule has 0 fully saturated rings. The highest BCUT2D eigenvalue weighted by atomic mass is 15.0. The third-order valence-electron chi connectivity index (χ3n) is 11.1. The van der Waals surface area contributed by atoms with Gasteiger partial charge in [-0.1, -0.05) is 146 Å². The van der Waals surface area contributed by atoms with Crippen LogP contribution < -0.4 is 0 Å². The topological polar surface area (TPSA) is 90.2 Å². The Morgan fingerprint density at radius 1 is 0.361 bits per heavy atom. The first-order valence-electron chi connectivity index (χ1n) is 20.3. The van der Waals surface area contributed by atoms with Gasteiger partial charge >= 0.3 is 0 Å². The number of allylic oxidation sites excluding steroid dienone is 4. The predicted octanol–water partition coefficient (Wildman–Crippen LogP) is 12.4. The highest BCUT2D eigenvalue weighted by molar-refractivity contribution is 5.81. The lowest BCUT2D eigenvalue weighted by Gasteiger charge is -2.26. The standard InChI is InChI=1S/C54H39N7/c1-54(53-57-31-10-32-58-53)27-25-38(26-28-54)42-14-6-16-44(34-42)46-18-8-20-48(36-46)52-60-50(39-11-3-2-4-12-39)59-51(61-52)47-19-7-17-45(35-47)43-15-5-13-41(33-43)37-21-23-40(24-22-37)49-55-29-9-30-56-49/h2-27,29-36H,28H2,1H3. The molecule has 0 N–H and O–H groups in total. The van der Waals surface area contributed by atoms with Gasteiger partial charge in [-0.2, -0.15) is 0 Å². The molecule has 1 aliphatic carbocycles. The summed E-state index contributed by atoms with van der Waals surface area (Å²) < 4.78 is 0. The predicted molar refractivity (Wildman–Crippen MR) is 245 cm³/mol. The Kier molecular flexibility index (Phi) is 9.96. The first kappa shape index (κ1) is 37.3. The summed E-state index contributed by atoms with van der Waals surface area (Å²) in [7, 11) is 0. The minimum Gasteiger partial charge on any atom is -0.240 e. The smallest absolute Gasteiger partial charge is 0.164 e. The van der Waals surface area contributed by atoms with E-state index in [1.54, 1.807) is 12.4 Å². The molecule has 3 heterocycles. The van der Waals surface area contributed by atoms with Gasteiger partial charge in [0, 0.05) is 52.5 Å². The highest BCUT2D eigenvalue weighted by Gasteiger charge is 2.28. The van der Waals surface area contributed by atoms with Crippen molar-refractivity contribution < 1.29 is 0 Å². The van der Waals surface area contributed by atoms with Gasteiger partial charge in [0.15, 0.2) is 23.3 Å². The summed E-state index contributed by atoms with van der Waals surface area (Å²) in [5.74, 6) is 3.38. The molecule has 0 saturated carbocycles. The van der Waals surface area contributed by atoms with Crippen LogP contribution in [0, 0.1) is 0 Å². The molecular formula is C54H39N7. The van der Waals surface area contributed by atoms with E-state index in [9.17, 15) is 0 Å². The maximum Gasteiger partial charge on any atom is 0.164 e. The molecule has 10 rings (SSSR count). The van der Waals surface area contributed by atoms with Crippen LogP contribution in [0.4, 0.5) is 0 Å². The molecule has 3 aromatic heterocycles. The molecule has 0 aliphatic heterocycles. The minimum atomic E-state index is -0.238. The van der Waals surface area contributed by atoms with Crippen molar-refractivity contribution in [2.24, 2.45) is 0 Å². The first-order valence-corrected chi connectivity index (χ1v) is 20.3. The van der Waals surface area contributed by atoms with E-state index in [0.29, 0.717) is 23.3 Å². The van der Waals surface area contributed by atoms with E-state index in [1.165, 1.54) is 5.57 Å². The van der Waals surface area contributed by atoms with Gasteiger partial charge in [-0.15, -0.1) is 0 Å². The zero-order chi connectivity index (χ0) is 41.0. The third-order valence-corrected chi connectivity index (χ3v) is 11.1. The summed E-state index contributed by atoms with van der Waals surface area (Å²) in [5, 5.41) is 0. The molecule has 61 heavy (non-hydrogen) atoms. The van der Waals surface area contributed by atoms with Crippen LogP contribution in [-0.2, 0) is 5.41 Å². The number of aromatic nitrogens is 7. The van der Waals surface area contributed by atoms with E-state index in [1.807, 2.05) is 54.9 Å². The van der Waals surface area contributed by atoms with E-state index in [0.717, 1.165) is 73.4 Å². The molecule has 290 valence electrons. The molecule has 0 saturated heterocycles. The molecule has 0 radical (unpaired) electrons. The second-order valence-electron chi connectivity index (χ2n) is 15.3. The summed E-state index contributed by atoms with van der Waals surface area (Å²) in [6, 6.07) is 56.3. The van der Waals surface area contributed by atoms with Gasteiger partial charge in [0.2, 0.25) is 0 Å². The largest absolute Gasteiger partial charge is 0.240 e. The van der Waals surface area contributed by atoms with Crippen molar-refractivity contribution in [2.75, 3.05) is 0 Å². The van der Waals surface area contributed by atoms with Crippen molar-refractivity contribution in [1.82, 2.24) is 34.9 Å². The van der Waals surface area contributed by atoms with Crippen LogP contribution in [0.1, 0.15) is 24.7 Å². The zero-order valence-corrected chi connectivity index (χ0v) is 33.5. The minimum absolute atomic E-state index is 0.238. The van der Waals surface area contributed by atoms with Gasteiger partial charge in [0.25, 0.3) is 0 Å². The van der Waals surface area contributed by atoms with Crippen LogP contribution >= 0.6 is 0 Å². The van der Waals surface area contributed by atoms with Crippen LogP contribution in [0.2, 0.25) is 0 Å². The summed E-state index contributed by atoms with van der Waals surface area (Å²) in [5.41, 5.74) is 12.4. The Morgan fingerprint density at radius 3 is 1.31 bits per heavy atom. The molecule has 7 heteroatoms. The lowest BCUT2D eigenvalue weighted by Crippen LogP contribution is -2.23. The lowest BCUT2D eigenvalue weighted by atomic mass is 9.80. The SMILES string of the molecule is CC1(c2ncccn2)C=CC(c2cccc(-c3cccc(-c4nc(-c5ccccc5)nc(-c5cccc(-c6cccc(-c7ccc(-c8ncccn8)cc7)c6)c5)n4)c3)c2)=CC1. The van der Waals surface area contributed by atoms with E-state index >= 15 is 0 Å². The van der Waals surface area contributed by atoms with Crippen LogP contribution in [0.3, 0.4) is 0 Å². The quantitative estimate of drug-likeness (QED) is 0.144. The third kappa shape index (κ3) is 7.92. The van der Waals surface area contributed by atoms with Crippen molar-refractivity contribution in [2.45, 2.75) is 18.8 Å². The Bertz CT molecular complexity index is 3060. The number of hydrogen-bond acceptors (Lipinski definition) is 7. The Labute approximate surface area is 355 Å². The van der Waals surface area contributed by atoms with Gasteiger partial charge in [-0.3, -0.25) is 0 Å². The van der Waals surface area contributed by atoms with Crippen LogP contribution in [0.5, 0.6) is 0 Å². The molecule has 7 nitrogen and oxygen atoms in total. The second kappa shape index (κ2) is 16.3. The first-order chi connectivity index (χ1) is 30.0. The molecule has 0 amide bonds. The molecule has 6 aromatic carbocycles. The Morgan fingerprint density at radius 2 is 0.770 bits per heavy atom. The zero-order valence-electron chi connectivity index (χ0n) is 33.5. The van der Waals surface area contributed by atoms with Gasteiger partial charge < -0.3 is 0 Å². The molecular weight excluding hydrogens is 747 g/mol. The monoisotopic (exact) mass is 785 g/mol. The van der Waals surface area contributed by atoms with Crippen LogP contribution in [-0.4, -0.2) is 34.9 Å². The summed E-state index contributed by atoms with van der Waals surface area (Å²) in [6.45, 7) is 2.18. The fraction of sp³-hybridized carbons (Fsp3) is 0.0556. The average Bonchev–Trinajstić information content (AvgIpc) is 3.35. The van der Waals surface area contributed by atoms with E-state index in [2.05, 4.69) is 166 Å². The van der Waals surface area contributed by atoms with Crippen molar-refractivity contribution in [3.63, 3.8) is 0 Å². The van der Waals surface area contributed by atoms with Gasteiger partial charge in [0.05, 0.1) is 0 Å². The Balaban J connectivity index is 0.962. The average molecular weight is 786 g/mol. The molecule has 1 atom stereocenters. The Hall–Kier alpha value is -8.03. The van der Waals surface area contributed by atoms with E-state index in [-0.39, 0.29) is 5.41 Å². The van der Waals surface area contributed by atoms with Gasteiger partial charge in [-0.05, 0) is 94.3 Å². The molecule has 1 aliphatic rings. The number of rotatable bonds is 9. The van der Waals surface area contributed by atoms with Gasteiger partial charge in [-0.25, -0.2) is 34.9 Å². The van der Waals surface area contributed by atoms with Gasteiger partial charge in [0.1, 0.15) is 5.82 Å². The van der Waals surface area contributed by atoms with Crippen molar-refractivity contribution in [3.8, 4) is 78.9 Å². The molecule has 0 spiro atoms. The fourth-order valence-electron chi connectivity index (χ4n) is 7.75. The van der Waals surface area contributed by atoms with E-state index < -0.39 is 0 Å². The summed E-state index contributed by atoms with van der Waals surface area (Å²) in [4.78, 5) is 33.1. The normalized spacial score (nSPS) is 14.7. The fourth-order valence-corrected chi connectivity index (χ4v) is 7.75. The number of hydrogen-bond donors (Lipinski definition) is 0. The second-order valence-corrected chi connectivity index (χ2v) is 15.3. The maximum absolute atomic E-state index is 5.14. The lowest BCUT2D eigenvalue weighted by molar-refractivity contribution is 0.557. The van der Waals surface area contributed by atoms with Crippen molar-refractivity contribution >= 4 is 5.57 Å². The molecule has 1 unspecified atom stereocenters. The van der Waals surface area contributed by atoms with Crippen molar-refractivity contribution in [1.29, 1.82) is 0 Å². The molecule has 9 aromatic rings.